The second kappa shape index (κ2) is 5.34. The molecule has 2 aliphatic heterocycles. The molecule has 2 unspecified atom stereocenters. The molecule has 6 heteroatoms. The summed E-state index contributed by atoms with van der Waals surface area (Å²) in [5.74, 6) is 1.32. The summed E-state index contributed by atoms with van der Waals surface area (Å²) in [6, 6.07) is 0.804. The van der Waals surface area contributed by atoms with Crippen molar-refractivity contribution in [2.24, 2.45) is 5.73 Å². The first-order valence-electron chi connectivity index (χ1n) is 6.81. The van der Waals surface area contributed by atoms with Crippen molar-refractivity contribution in [3.63, 3.8) is 0 Å². The Kier molecular flexibility index (Phi) is 3.58. The Morgan fingerprint density at radius 3 is 2.83 bits per heavy atom. The van der Waals surface area contributed by atoms with Gasteiger partial charge in [-0.2, -0.15) is 4.98 Å². The molecule has 2 atom stereocenters. The molecule has 1 aromatic heterocycles. The summed E-state index contributed by atoms with van der Waals surface area (Å²) in [5, 5.41) is 7.30. The zero-order chi connectivity index (χ0) is 12.4. The van der Waals surface area contributed by atoms with E-state index in [4.69, 9.17) is 10.3 Å². The minimum absolute atomic E-state index is 0.264. The summed E-state index contributed by atoms with van der Waals surface area (Å²) >= 11 is 0. The molecule has 2 fully saturated rings. The Morgan fingerprint density at radius 2 is 2.17 bits per heavy atom. The molecule has 3 N–H and O–H groups in total. The summed E-state index contributed by atoms with van der Waals surface area (Å²) in [4.78, 5) is 6.71. The summed E-state index contributed by atoms with van der Waals surface area (Å²) in [5.41, 5.74) is 6.20. The molecule has 0 saturated carbocycles. The van der Waals surface area contributed by atoms with Crippen molar-refractivity contribution >= 4 is 0 Å². The topological polar surface area (TPSA) is 80.2 Å². The van der Waals surface area contributed by atoms with Crippen molar-refractivity contribution in [2.45, 2.75) is 37.3 Å². The number of hydrogen-bond acceptors (Lipinski definition) is 6. The van der Waals surface area contributed by atoms with Gasteiger partial charge in [0.05, 0.1) is 0 Å². The molecule has 18 heavy (non-hydrogen) atoms. The average Bonchev–Trinajstić information content (AvgIpc) is 2.94. The van der Waals surface area contributed by atoms with Gasteiger partial charge in [0, 0.05) is 24.5 Å². The summed E-state index contributed by atoms with van der Waals surface area (Å²) in [7, 11) is 0. The van der Waals surface area contributed by atoms with E-state index in [0.717, 1.165) is 51.3 Å². The maximum absolute atomic E-state index is 6.20. The van der Waals surface area contributed by atoms with Gasteiger partial charge in [0.2, 0.25) is 6.39 Å². The van der Waals surface area contributed by atoms with E-state index >= 15 is 0 Å². The Morgan fingerprint density at radius 1 is 1.33 bits per heavy atom. The molecule has 0 aliphatic carbocycles. The lowest BCUT2D eigenvalue weighted by Gasteiger charge is -2.41. The fourth-order valence-corrected chi connectivity index (χ4v) is 3.17. The Hall–Kier alpha value is -0.980. The fraction of sp³-hybridized carbons (Fsp3) is 0.833. The van der Waals surface area contributed by atoms with Crippen molar-refractivity contribution in [3.8, 4) is 0 Å². The SMILES string of the molecule is NC1CNCCC1N1CCC(c2ncon2)CC1. The molecule has 0 aromatic carbocycles. The maximum atomic E-state index is 6.20. The highest BCUT2D eigenvalue weighted by Crippen LogP contribution is 2.27. The summed E-state index contributed by atoms with van der Waals surface area (Å²) in [6.45, 7) is 4.22. The van der Waals surface area contributed by atoms with Crippen LogP contribution < -0.4 is 11.1 Å². The zero-order valence-electron chi connectivity index (χ0n) is 10.6. The molecule has 0 radical (unpaired) electrons. The quantitative estimate of drug-likeness (QED) is 0.766. The van der Waals surface area contributed by atoms with Crippen molar-refractivity contribution in [2.75, 3.05) is 26.2 Å². The molecule has 0 bridgehead atoms. The van der Waals surface area contributed by atoms with E-state index in [-0.39, 0.29) is 6.04 Å². The van der Waals surface area contributed by atoms with Crippen LogP contribution in [0.2, 0.25) is 0 Å². The molecular formula is C12H21N5O. The van der Waals surface area contributed by atoms with Crippen molar-refractivity contribution < 1.29 is 4.52 Å². The number of nitrogens with zero attached hydrogens (tertiary/aromatic N) is 3. The summed E-state index contributed by atoms with van der Waals surface area (Å²) in [6.07, 6.45) is 4.80. The number of piperidine rings is 2. The molecule has 100 valence electrons. The smallest absolute Gasteiger partial charge is 0.213 e. The van der Waals surface area contributed by atoms with Gasteiger partial charge in [0.25, 0.3) is 0 Å². The normalized spacial score (nSPS) is 31.6. The molecular weight excluding hydrogens is 230 g/mol. The second-order valence-electron chi connectivity index (χ2n) is 5.32. The van der Waals surface area contributed by atoms with E-state index in [1.807, 2.05) is 0 Å². The van der Waals surface area contributed by atoms with E-state index < -0.39 is 0 Å². The first-order chi connectivity index (χ1) is 8.84. The third-order valence-electron chi connectivity index (χ3n) is 4.23. The van der Waals surface area contributed by atoms with Gasteiger partial charge in [-0.3, -0.25) is 4.90 Å². The highest BCUT2D eigenvalue weighted by Gasteiger charge is 2.31. The third kappa shape index (κ3) is 2.41. The Balaban J connectivity index is 1.56. The monoisotopic (exact) mass is 251 g/mol. The molecule has 0 amide bonds. The van der Waals surface area contributed by atoms with Crippen LogP contribution in [0.3, 0.4) is 0 Å². The molecule has 0 spiro atoms. The molecule has 2 aliphatic rings. The van der Waals surface area contributed by atoms with Gasteiger partial charge in [0.1, 0.15) is 0 Å². The number of nitrogens with one attached hydrogen (secondary N) is 1. The van der Waals surface area contributed by atoms with Gasteiger partial charge >= 0.3 is 0 Å². The van der Waals surface area contributed by atoms with E-state index in [1.165, 1.54) is 6.39 Å². The van der Waals surface area contributed by atoms with Gasteiger partial charge in [-0.15, -0.1) is 0 Å². The van der Waals surface area contributed by atoms with Crippen LogP contribution in [0.15, 0.2) is 10.9 Å². The first kappa shape index (κ1) is 12.1. The first-order valence-corrected chi connectivity index (χ1v) is 6.81. The van der Waals surface area contributed by atoms with Gasteiger partial charge < -0.3 is 15.6 Å². The molecule has 6 nitrogen and oxygen atoms in total. The third-order valence-corrected chi connectivity index (χ3v) is 4.23. The highest BCUT2D eigenvalue weighted by molar-refractivity contribution is 4.97. The average molecular weight is 251 g/mol. The minimum Gasteiger partial charge on any atom is -0.343 e. The maximum Gasteiger partial charge on any atom is 0.213 e. The van der Waals surface area contributed by atoms with Crippen LogP contribution in [-0.2, 0) is 0 Å². The van der Waals surface area contributed by atoms with Crippen LogP contribution in [0.5, 0.6) is 0 Å². The van der Waals surface area contributed by atoms with Crippen LogP contribution in [0.1, 0.15) is 31.0 Å². The highest BCUT2D eigenvalue weighted by atomic mass is 16.5. The van der Waals surface area contributed by atoms with Gasteiger partial charge in [0.15, 0.2) is 5.82 Å². The molecule has 2 saturated heterocycles. The van der Waals surface area contributed by atoms with Gasteiger partial charge in [-0.05, 0) is 38.9 Å². The molecule has 1 aromatic rings. The van der Waals surface area contributed by atoms with E-state index in [0.29, 0.717) is 12.0 Å². The van der Waals surface area contributed by atoms with Gasteiger partial charge in [-0.25, -0.2) is 0 Å². The number of hydrogen-bond donors (Lipinski definition) is 2. The van der Waals surface area contributed by atoms with Gasteiger partial charge in [-0.1, -0.05) is 5.16 Å². The predicted octanol–water partition coefficient (Wildman–Crippen LogP) is -0.0618. The standard InChI is InChI=1S/C12H21N5O/c13-10-7-14-4-1-11(10)17-5-2-9(3-6-17)12-15-8-18-16-12/h8-11,14H,1-7,13H2. The van der Waals surface area contributed by atoms with Crippen molar-refractivity contribution in [1.82, 2.24) is 20.4 Å². The number of rotatable bonds is 2. The zero-order valence-corrected chi connectivity index (χ0v) is 10.6. The fourth-order valence-electron chi connectivity index (χ4n) is 3.17. The van der Waals surface area contributed by atoms with Crippen molar-refractivity contribution in [1.29, 1.82) is 0 Å². The van der Waals surface area contributed by atoms with Crippen LogP contribution in [0.25, 0.3) is 0 Å². The van der Waals surface area contributed by atoms with Crippen molar-refractivity contribution in [3.05, 3.63) is 12.2 Å². The Labute approximate surface area is 107 Å². The van der Waals surface area contributed by atoms with E-state index in [2.05, 4.69) is 20.4 Å². The molecule has 3 heterocycles. The predicted molar refractivity (Wildman–Crippen MR) is 67.1 cm³/mol. The number of likely N-dealkylation sites (tertiary alicyclic amines) is 1. The van der Waals surface area contributed by atoms with Crippen LogP contribution >= 0.6 is 0 Å². The number of nitrogens with two attached hydrogens (primary N) is 1. The number of aromatic nitrogens is 2. The second-order valence-corrected chi connectivity index (χ2v) is 5.32. The van der Waals surface area contributed by atoms with Crippen LogP contribution in [0, 0.1) is 0 Å². The lowest BCUT2D eigenvalue weighted by molar-refractivity contribution is 0.111. The molecule has 3 rings (SSSR count). The van der Waals surface area contributed by atoms with Crippen LogP contribution in [-0.4, -0.2) is 53.3 Å². The lowest BCUT2D eigenvalue weighted by atomic mass is 9.92. The summed E-state index contributed by atoms with van der Waals surface area (Å²) < 4.78 is 4.82. The lowest BCUT2D eigenvalue weighted by Crippen LogP contribution is -2.58. The van der Waals surface area contributed by atoms with E-state index in [1.54, 1.807) is 0 Å². The van der Waals surface area contributed by atoms with Crippen LogP contribution in [0.4, 0.5) is 0 Å². The minimum atomic E-state index is 0.264. The largest absolute Gasteiger partial charge is 0.343 e. The Bertz CT molecular complexity index is 361. The van der Waals surface area contributed by atoms with E-state index in [9.17, 15) is 0 Å².